The Morgan fingerprint density at radius 2 is 0.908 bits per heavy atom. The molecule has 0 saturated heterocycles. The van der Waals surface area contributed by atoms with Gasteiger partial charge < -0.3 is 34.3 Å². The van der Waals surface area contributed by atoms with Crippen LogP contribution in [0.2, 0.25) is 0 Å². The van der Waals surface area contributed by atoms with E-state index in [2.05, 4.69) is 151 Å². The van der Waals surface area contributed by atoms with E-state index in [1.54, 1.807) is 21.0 Å². The number of aliphatic hydroxyl groups excluding tert-OH is 3. The average Bonchev–Trinajstić information content (AvgIpc) is 3.76. The van der Waals surface area contributed by atoms with Gasteiger partial charge in [0.15, 0.2) is 0 Å². The molecule has 7 nitrogen and oxygen atoms in total. The van der Waals surface area contributed by atoms with E-state index in [0.717, 1.165) is 54.1 Å². The second-order valence-electron chi connectivity index (χ2n) is 22.8. The summed E-state index contributed by atoms with van der Waals surface area (Å²) < 4.78 is 23.1. The number of hydrogen-bond donors (Lipinski definition) is 3. The third-order valence-corrected chi connectivity index (χ3v) is 14.6. The van der Waals surface area contributed by atoms with Crippen LogP contribution in [-0.4, -0.2) is 67.2 Å². The van der Waals surface area contributed by atoms with Crippen molar-refractivity contribution in [2.75, 3.05) is 33.5 Å². The van der Waals surface area contributed by atoms with Gasteiger partial charge in [0.25, 0.3) is 0 Å². The molecule has 65 heavy (non-hydrogen) atoms. The maximum Gasteiger partial charge on any atom is 0.122 e. The Hall–Kier alpha value is -3.88. The molecule has 7 heteroatoms. The smallest absolute Gasteiger partial charge is 0.122 e. The molecule has 4 aliphatic carbocycles. The predicted octanol–water partition coefficient (Wildman–Crippen LogP) is 11.9. The summed E-state index contributed by atoms with van der Waals surface area (Å²) in [6.07, 6.45) is 3.94. The molecule has 0 amide bonds. The standard InChI is InChI=1S/C30H42O5.C25H32O2.C3H8/c1-18-11-24-23(12-26(18)35-15-21(32)14-33-8)29(6,7)17-30(24)16-28(4,5)22-9-10-25(20(3)27(22)30)34-13-19(2)31;1-16-11-20-21(12-22(16)27-13-17(2)26)25(15-24(20,5)6)14-23(3,4)18-9-7-8-10-19(18)25;1-3-2/h9-12,19,21,31-32H,13-17H2,1-8H3;7-12,17,26H,13-15H2,1-6H3;3H2,1-2H3. The van der Waals surface area contributed by atoms with Crippen LogP contribution < -0.4 is 14.2 Å². The van der Waals surface area contributed by atoms with Crippen LogP contribution in [0.5, 0.6) is 17.2 Å². The molecule has 5 unspecified atom stereocenters. The van der Waals surface area contributed by atoms with E-state index >= 15 is 0 Å². The molecule has 4 aromatic carbocycles. The quantitative estimate of drug-likeness (QED) is 0.138. The van der Waals surface area contributed by atoms with Crippen molar-refractivity contribution in [1.82, 2.24) is 0 Å². The Balaban J connectivity index is 0.000000209. The minimum Gasteiger partial charge on any atom is -0.491 e. The van der Waals surface area contributed by atoms with Gasteiger partial charge in [0.2, 0.25) is 0 Å². The molecular formula is C58H82O7. The first kappa shape index (κ1) is 50.5. The van der Waals surface area contributed by atoms with Crippen molar-refractivity contribution in [2.24, 2.45) is 0 Å². The molecule has 8 rings (SSSR count). The van der Waals surface area contributed by atoms with Crippen molar-refractivity contribution in [3.05, 3.63) is 122 Å². The first-order valence-electron chi connectivity index (χ1n) is 24.3. The maximum absolute atomic E-state index is 10.1. The molecular weight excluding hydrogens is 809 g/mol. The van der Waals surface area contributed by atoms with Gasteiger partial charge in [-0.2, -0.15) is 0 Å². The zero-order valence-corrected chi connectivity index (χ0v) is 42.8. The van der Waals surface area contributed by atoms with Crippen LogP contribution in [-0.2, 0) is 37.2 Å². The number of rotatable bonds is 11. The highest BCUT2D eigenvalue weighted by molar-refractivity contribution is 5.66. The van der Waals surface area contributed by atoms with Crippen molar-refractivity contribution < 1.29 is 34.3 Å². The average molecular weight is 891 g/mol. The molecule has 0 aromatic heterocycles. The van der Waals surface area contributed by atoms with Crippen LogP contribution in [0.3, 0.4) is 0 Å². The van der Waals surface area contributed by atoms with Crippen LogP contribution in [0.15, 0.2) is 60.7 Å². The van der Waals surface area contributed by atoms with Gasteiger partial charge in [-0.1, -0.05) is 118 Å². The fourth-order valence-electron chi connectivity index (χ4n) is 12.5. The van der Waals surface area contributed by atoms with Crippen molar-refractivity contribution in [3.63, 3.8) is 0 Å². The van der Waals surface area contributed by atoms with Gasteiger partial charge in [-0.25, -0.2) is 0 Å². The molecule has 356 valence electrons. The molecule has 3 N–H and O–H groups in total. The summed E-state index contributed by atoms with van der Waals surface area (Å²) in [4.78, 5) is 0. The van der Waals surface area contributed by atoms with E-state index < -0.39 is 18.3 Å². The van der Waals surface area contributed by atoms with Crippen molar-refractivity contribution >= 4 is 0 Å². The predicted molar refractivity (Wildman–Crippen MR) is 266 cm³/mol. The van der Waals surface area contributed by atoms with Gasteiger partial charge in [0.1, 0.15) is 43.2 Å². The van der Waals surface area contributed by atoms with E-state index in [-0.39, 0.29) is 52.3 Å². The summed E-state index contributed by atoms with van der Waals surface area (Å²) in [6, 6.07) is 22.4. The van der Waals surface area contributed by atoms with E-state index in [1.807, 2.05) is 0 Å². The number of fused-ring (bicyclic) bond motifs is 8. The second-order valence-corrected chi connectivity index (χ2v) is 22.8. The topological polar surface area (TPSA) is 97.6 Å². The summed E-state index contributed by atoms with van der Waals surface area (Å²) in [5.74, 6) is 2.60. The summed E-state index contributed by atoms with van der Waals surface area (Å²) in [5, 5.41) is 29.5. The van der Waals surface area contributed by atoms with Gasteiger partial charge in [0.05, 0.1) is 18.8 Å². The van der Waals surface area contributed by atoms with Gasteiger partial charge in [-0.15, -0.1) is 0 Å². The molecule has 4 aliphatic rings. The van der Waals surface area contributed by atoms with Crippen LogP contribution >= 0.6 is 0 Å². The molecule has 5 atom stereocenters. The lowest BCUT2D eigenvalue weighted by Crippen LogP contribution is -2.27. The number of aliphatic hydroxyl groups is 3. The van der Waals surface area contributed by atoms with E-state index in [1.165, 1.54) is 56.5 Å². The number of hydrogen-bond acceptors (Lipinski definition) is 7. The number of aryl methyl sites for hydroxylation is 2. The Morgan fingerprint density at radius 3 is 1.45 bits per heavy atom. The molecule has 0 fully saturated rings. The largest absolute Gasteiger partial charge is 0.491 e. The fourth-order valence-corrected chi connectivity index (χ4v) is 12.5. The highest BCUT2D eigenvalue weighted by Gasteiger charge is 2.58. The lowest BCUT2D eigenvalue weighted by atomic mass is 9.71. The molecule has 0 saturated carbocycles. The monoisotopic (exact) mass is 891 g/mol. The Morgan fingerprint density at radius 1 is 0.492 bits per heavy atom. The normalized spacial score (nSPS) is 23.2. The third-order valence-electron chi connectivity index (χ3n) is 14.6. The second kappa shape index (κ2) is 18.7. The Labute approximate surface area is 392 Å². The molecule has 2 spiro atoms. The lowest BCUT2D eigenvalue weighted by molar-refractivity contribution is 0.0323. The first-order chi connectivity index (χ1) is 30.3. The molecule has 4 aromatic rings. The van der Waals surface area contributed by atoms with Crippen LogP contribution in [0.25, 0.3) is 0 Å². The highest BCUT2D eigenvalue weighted by atomic mass is 16.5. The fraction of sp³-hybridized carbons (Fsp3) is 0.586. The maximum atomic E-state index is 10.1. The van der Waals surface area contributed by atoms with E-state index in [4.69, 9.17) is 18.9 Å². The van der Waals surface area contributed by atoms with E-state index in [9.17, 15) is 15.3 Å². The lowest BCUT2D eigenvalue weighted by Gasteiger charge is -2.32. The van der Waals surface area contributed by atoms with Gasteiger partial charge >= 0.3 is 0 Å². The number of methoxy groups -OCH3 is 1. The van der Waals surface area contributed by atoms with Gasteiger partial charge in [0, 0.05) is 17.9 Å². The van der Waals surface area contributed by atoms with Crippen molar-refractivity contribution in [1.29, 1.82) is 0 Å². The Bertz CT molecular complexity index is 2330. The molecule has 0 radical (unpaired) electrons. The van der Waals surface area contributed by atoms with E-state index in [0.29, 0.717) is 6.61 Å². The van der Waals surface area contributed by atoms with Gasteiger partial charge in [-0.3, -0.25) is 0 Å². The summed E-state index contributed by atoms with van der Waals surface area (Å²) >= 11 is 0. The van der Waals surface area contributed by atoms with Gasteiger partial charge in [-0.05, 0) is 161 Å². The molecule has 0 aliphatic heterocycles. The van der Waals surface area contributed by atoms with Crippen LogP contribution in [0.4, 0.5) is 0 Å². The minimum atomic E-state index is -0.655. The van der Waals surface area contributed by atoms with Crippen LogP contribution in [0, 0.1) is 20.8 Å². The number of benzene rings is 4. The summed E-state index contributed by atoms with van der Waals surface area (Å²) in [7, 11) is 1.58. The minimum absolute atomic E-state index is 0.0348. The third kappa shape index (κ3) is 9.51. The SMILES string of the molecule is CCC.COCC(O)COc1cc2c(cc1C)C1(CC2(C)C)CC(C)(C)c2ccc(OCC(C)O)c(C)c21.Cc1cc2c(cc1OCC(C)O)C1(CC(C)(C)c3ccccc31)CC2(C)C. The Kier molecular flexibility index (Phi) is 14.5. The molecule has 0 heterocycles. The van der Waals surface area contributed by atoms with Crippen molar-refractivity contribution in [3.8, 4) is 17.2 Å². The molecule has 0 bridgehead atoms. The summed E-state index contributed by atoms with van der Waals surface area (Å²) in [5.41, 5.74) is 15.0. The zero-order valence-electron chi connectivity index (χ0n) is 42.8. The zero-order chi connectivity index (χ0) is 48.1. The summed E-state index contributed by atoms with van der Waals surface area (Å²) in [6.45, 7) is 34.1. The van der Waals surface area contributed by atoms with Crippen molar-refractivity contribution in [2.45, 2.75) is 187 Å². The first-order valence-corrected chi connectivity index (χ1v) is 24.3. The number of ether oxygens (including phenoxy) is 4. The van der Waals surface area contributed by atoms with Crippen LogP contribution in [0.1, 0.15) is 176 Å². The highest BCUT2D eigenvalue weighted by Crippen LogP contribution is 2.65.